The Kier molecular flexibility index (Phi) is 5.27. The quantitative estimate of drug-likeness (QED) is 0.720. The van der Waals surface area contributed by atoms with Gasteiger partial charge in [-0.25, -0.2) is 0 Å². The Morgan fingerprint density at radius 2 is 1.88 bits per heavy atom. The summed E-state index contributed by atoms with van der Waals surface area (Å²) in [6, 6.07) is 12.5. The van der Waals surface area contributed by atoms with Crippen molar-refractivity contribution in [3.63, 3.8) is 0 Å². The summed E-state index contributed by atoms with van der Waals surface area (Å²) in [6.45, 7) is 1.89. The van der Waals surface area contributed by atoms with Crippen molar-refractivity contribution >= 4 is 33.1 Å². The van der Waals surface area contributed by atoms with E-state index < -0.39 is 6.10 Å². The first kappa shape index (κ1) is 18.0. The number of hydrogen-bond donors (Lipinski definition) is 1. The summed E-state index contributed by atoms with van der Waals surface area (Å²) in [5, 5.41) is 2.86. The third-order valence-electron chi connectivity index (χ3n) is 4.06. The van der Waals surface area contributed by atoms with Crippen molar-refractivity contribution in [1.29, 1.82) is 0 Å². The highest BCUT2D eigenvalue weighted by Crippen LogP contribution is 2.22. The van der Waals surface area contributed by atoms with E-state index in [-0.39, 0.29) is 10.8 Å². The number of methoxy groups -OCH3 is 1. The number of fused-ring (bicyclic) bond motifs is 1. The molecule has 26 heavy (non-hydrogen) atoms. The highest BCUT2D eigenvalue weighted by atomic mass is 32.1. The Hall–Kier alpha value is -2.80. The molecule has 0 aliphatic heterocycles. The first-order chi connectivity index (χ1) is 12.5. The van der Waals surface area contributed by atoms with E-state index in [9.17, 15) is 9.59 Å². The molecule has 7 heteroatoms. The summed E-state index contributed by atoms with van der Waals surface area (Å²) in [5.41, 5.74) is 1.49. The maximum Gasteiger partial charge on any atom is 0.307 e. The topological polar surface area (TPSA) is 69.6 Å². The third-order valence-corrected chi connectivity index (χ3v) is 5.06. The second-order valence-corrected chi connectivity index (χ2v) is 6.78. The molecule has 0 fully saturated rings. The van der Waals surface area contributed by atoms with Gasteiger partial charge in [0.15, 0.2) is 6.10 Å². The number of rotatable bonds is 6. The normalized spacial score (nSPS) is 12.0. The molecule has 1 N–H and O–H groups in total. The first-order valence-corrected chi connectivity index (χ1v) is 9.04. The van der Waals surface area contributed by atoms with Crippen LogP contribution in [0.15, 0.2) is 47.3 Å². The molecular weight excluding hydrogens is 352 g/mol. The zero-order valence-electron chi connectivity index (χ0n) is 14.8. The number of benzene rings is 2. The molecule has 3 aromatic rings. The Morgan fingerprint density at radius 3 is 2.54 bits per heavy atom. The van der Waals surface area contributed by atoms with Crippen LogP contribution in [0.4, 0.5) is 5.69 Å². The number of anilines is 1. The molecule has 0 spiro atoms. The van der Waals surface area contributed by atoms with Gasteiger partial charge in [-0.05, 0) is 48.9 Å². The molecule has 1 heterocycles. The van der Waals surface area contributed by atoms with E-state index >= 15 is 0 Å². The van der Waals surface area contributed by atoms with Crippen LogP contribution in [0.25, 0.3) is 10.2 Å². The van der Waals surface area contributed by atoms with Gasteiger partial charge in [0.05, 0.1) is 17.3 Å². The number of thiazole rings is 1. The fourth-order valence-electron chi connectivity index (χ4n) is 2.58. The minimum atomic E-state index is -0.617. The summed E-state index contributed by atoms with van der Waals surface area (Å²) in [4.78, 5) is 24.3. The lowest BCUT2D eigenvalue weighted by Gasteiger charge is -2.17. The molecule has 1 atom stereocenters. The van der Waals surface area contributed by atoms with E-state index in [0.717, 1.165) is 27.3 Å². The lowest BCUT2D eigenvalue weighted by Crippen LogP contribution is -2.32. The summed E-state index contributed by atoms with van der Waals surface area (Å²) in [5.74, 6) is 1.10. The number of aromatic nitrogens is 1. The van der Waals surface area contributed by atoms with Gasteiger partial charge in [-0.2, -0.15) is 0 Å². The van der Waals surface area contributed by atoms with Crippen LogP contribution in [-0.4, -0.2) is 23.7 Å². The van der Waals surface area contributed by atoms with Crippen LogP contribution in [0.2, 0.25) is 0 Å². The van der Waals surface area contributed by atoms with Gasteiger partial charge < -0.3 is 19.4 Å². The average molecular weight is 372 g/mol. The van der Waals surface area contributed by atoms with Gasteiger partial charge >= 0.3 is 4.87 Å². The van der Waals surface area contributed by atoms with Crippen LogP contribution >= 0.6 is 11.3 Å². The predicted octanol–water partition coefficient (Wildman–Crippen LogP) is 3.40. The van der Waals surface area contributed by atoms with Crippen molar-refractivity contribution in [3.05, 3.63) is 52.1 Å². The fourth-order valence-corrected chi connectivity index (χ4v) is 3.49. The maximum atomic E-state index is 12.6. The summed E-state index contributed by atoms with van der Waals surface area (Å²) in [6.07, 6.45) is -0.0905. The van der Waals surface area contributed by atoms with Crippen LogP contribution in [0.1, 0.15) is 13.3 Å². The van der Waals surface area contributed by atoms with Crippen molar-refractivity contribution in [2.45, 2.75) is 19.4 Å². The van der Waals surface area contributed by atoms with Crippen molar-refractivity contribution in [3.8, 4) is 11.5 Å². The van der Waals surface area contributed by atoms with Gasteiger partial charge in [-0.3, -0.25) is 9.59 Å². The SMILES string of the molecule is CC[C@@H](Oc1ccc(OC)cc1)C(=O)Nc1ccc2c(c1)sc(=O)n2C. The van der Waals surface area contributed by atoms with Gasteiger partial charge in [0.2, 0.25) is 0 Å². The minimum Gasteiger partial charge on any atom is -0.497 e. The zero-order chi connectivity index (χ0) is 18.7. The predicted molar refractivity (Wildman–Crippen MR) is 103 cm³/mol. The standard InChI is InChI=1S/C19H20N2O4S/c1-4-16(25-14-8-6-13(24-3)7-9-14)18(22)20-12-5-10-15-17(11-12)26-19(23)21(15)2/h5-11,16H,4H2,1-3H3,(H,20,22)/t16-/m1/s1. The zero-order valence-corrected chi connectivity index (χ0v) is 15.6. The summed E-state index contributed by atoms with van der Waals surface area (Å²) in [7, 11) is 3.33. The number of aryl methyl sites for hydroxylation is 1. The van der Waals surface area contributed by atoms with Crippen LogP contribution in [-0.2, 0) is 11.8 Å². The number of carbonyl (C=O) groups is 1. The lowest BCUT2D eigenvalue weighted by molar-refractivity contribution is -0.122. The molecule has 0 aliphatic carbocycles. The van der Waals surface area contributed by atoms with Crippen molar-refractivity contribution in [2.75, 3.05) is 12.4 Å². The van der Waals surface area contributed by atoms with E-state index in [1.165, 1.54) is 0 Å². The van der Waals surface area contributed by atoms with E-state index in [0.29, 0.717) is 17.9 Å². The molecule has 0 aliphatic rings. The Bertz CT molecular complexity index is 975. The van der Waals surface area contributed by atoms with Crippen LogP contribution in [0, 0.1) is 0 Å². The number of carbonyl (C=O) groups excluding carboxylic acids is 1. The number of nitrogens with one attached hydrogen (secondary N) is 1. The van der Waals surface area contributed by atoms with Gasteiger partial charge in [0.25, 0.3) is 5.91 Å². The molecule has 136 valence electrons. The van der Waals surface area contributed by atoms with Crippen molar-refractivity contribution in [2.24, 2.45) is 7.05 Å². The molecule has 0 saturated heterocycles. The second kappa shape index (κ2) is 7.61. The van der Waals surface area contributed by atoms with Gasteiger partial charge in [0, 0.05) is 12.7 Å². The molecular formula is C19H20N2O4S. The van der Waals surface area contributed by atoms with Crippen LogP contribution in [0.3, 0.4) is 0 Å². The van der Waals surface area contributed by atoms with E-state index in [1.54, 1.807) is 55.1 Å². The number of ether oxygens (including phenoxy) is 2. The summed E-state index contributed by atoms with van der Waals surface area (Å²) >= 11 is 1.15. The second-order valence-electron chi connectivity index (χ2n) is 5.79. The first-order valence-electron chi connectivity index (χ1n) is 8.23. The number of hydrogen-bond acceptors (Lipinski definition) is 5. The van der Waals surface area contributed by atoms with Crippen LogP contribution < -0.4 is 19.7 Å². The Balaban J connectivity index is 1.73. The number of amides is 1. The monoisotopic (exact) mass is 372 g/mol. The van der Waals surface area contributed by atoms with Crippen molar-refractivity contribution in [1.82, 2.24) is 4.57 Å². The molecule has 0 unspecified atom stereocenters. The van der Waals surface area contributed by atoms with E-state index in [1.807, 2.05) is 13.0 Å². The van der Waals surface area contributed by atoms with Crippen LogP contribution in [0.5, 0.6) is 11.5 Å². The third kappa shape index (κ3) is 3.72. The minimum absolute atomic E-state index is 0.0299. The molecule has 0 radical (unpaired) electrons. The van der Waals surface area contributed by atoms with Gasteiger partial charge in [-0.15, -0.1) is 0 Å². The molecule has 3 rings (SSSR count). The number of nitrogens with zero attached hydrogens (tertiary/aromatic N) is 1. The smallest absolute Gasteiger partial charge is 0.307 e. The van der Waals surface area contributed by atoms with Crippen molar-refractivity contribution < 1.29 is 14.3 Å². The highest BCUT2D eigenvalue weighted by Gasteiger charge is 2.19. The molecule has 0 saturated carbocycles. The lowest BCUT2D eigenvalue weighted by atomic mass is 10.2. The molecule has 1 amide bonds. The maximum absolute atomic E-state index is 12.6. The largest absolute Gasteiger partial charge is 0.497 e. The Labute approximate surface area is 155 Å². The molecule has 6 nitrogen and oxygen atoms in total. The van der Waals surface area contributed by atoms with E-state index in [4.69, 9.17) is 9.47 Å². The highest BCUT2D eigenvalue weighted by molar-refractivity contribution is 7.16. The average Bonchev–Trinajstić information content (AvgIpc) is 2.93. The fraction of sp³-hybridized carbons (Fsp3) is 0.263. The molecule has 0 bridgehead atoms. The summed E-state index contributed by atoms with van der Waals surface area (Å²) < 4.78 is 13.3. The van der Waals surface area contributed by atoms with Gasteiger partial charge in [-0.1, -0.05) is 18.3 Å². The molecule has 1 aromatic heterocycles. The van der Waals surface area contributed by atoms with Gasteiger partial charge in [0.1, 0.15) is 11.5 Å². The van der Waals surface area contributed by atoms with E-state index in [2.05, 4.69) is 5.32 Å². The molecule has 2 aromatic carbocycles. The Morgan fingerprint density at radius 1 is 1.19 bits per heavy atom.